The number of carbonyl (C=O) groups is 1. The molecule has 0 radical (unpaired) electrons. The predicted molar refractivity (Wildman–Crippen MR) is 93.5 cm³/mol. The van der Waals surface area contributed by atoms with Crippen molar-refractivity contribution in [3.05, 3.63) is 48.2 Å². The van der Waals surface area contributed by atoms with Gasteiger partial charge in [0, 0.05) is 36.8 Å². The standard InChI is InChI=1S/C19H22N2O2/c22-18(23)11-5-2-6-13-21-14-17(15-8-3-1-4-9-15)16-10-7-12-20-19(16)21/h1,3-4,7-10,14,20H,2,5-6,11-13H2,(H,22,23). The fraction of sp³-hybridized carbons (Fsp3) is 0.316. The van der Waals surface area contributed by atoms with E-state index in [1.165, 1.54) is 22.5 Å². The quantitative estimate of drug-likeness (QED) is 0.752. The van der Waals surface area contributed by atoms with E-state index in [1.54, 1.807) is 0 Å². The normalized spacial score (nSPS) is 12.7. The first-order chi connectivity index (χ1) is 11.3. The molecule has 0 aliphatic carbocycles. The monoisotopic (exact) mass is 310 g/mol. The number of aliphatic carboxylic acids is 1. The molecular weight excluding hydrogens is 288 g/mol. The van der Waals surface area contributed by atoms with E-state index >= 15 is 0 Å². The molecule has 0 amide bonds. The van der Waals surface area contributed by atoms with Crippen LogP contribution in [-0.4, -0.2) is 22.2 Å². The number of hydrogen-bond donors (Lipinski definition) is 2. The second kappa shape index (κ2) is 7.18. The molecule has 3 rings (SSSR count). The van der Waals surface area contributed by atoms with Crippen LogP contribution in [0.15, 0.2) is 42.6 Å². The molecule has 4 heteroatoms. The Labute approximate surface area is 136 Å². The lowest BCUT2D eigenvalue weighted by Crippen LogP contribution is -2.09. The van der Waals surface area contributed by atoms with Gasteiger partial charge in [-0.3, -0.25) is 4.79 Å². The molecule has 2 N–H and O–H groups in total. The molecule has 120 valence electrons. The Hall–Kier alpha value is -2.49. The van der Waals surface area contributed by atoms with Crippen molar-refractivity contribution in [2.45, 2.75) is 32.2 Å². The van der Waals surface area contributed by atoms with E-state index in [0.29, 0.717) is 0 Å². The Morgan fingerprint density at radius 2 is 2.00 bits per heavy atom. The zero-order valence-corrected chi connectivity index (χ0v) is 13.2. The van der Waals surface area contributed by atoms with Crippen LogP contribution in [0.1, 0.15) is 31.2 Å². The minimum atomic E-state index is -0.707. The van der Waals surface area contributed by atoms with Gasteiger partial charge in [0.25, 0.3) is 0 Å². The maximum absolute atomic E-state index is 10.6. The number of nitrogens with zero attached hydrogens (tertiary/aromatic N) is 1. The van der Waals surface area contributed by atoms with Crippen LogP contribution in [0.3, 0.4) is 0 Å². The van der Waals surface area contributed by atoms with Gasteiger partial charge in [-0.2, -0.15) is 0 Å². The van der Waals surface area contributed by atoms with Crippen LogP contribution in [0, 0.1) is 0 Å². The van der Waals surface area contributed by atoms with Gasteiger partial charge in [0.05, 0.1) is 0 Å². The number of unbranched alkanes of at least 4 members (excludes halogenated alkanes) is 2. The summed E-state index contributed by atoms with van der Waals surface area (Å²) in [5.41, 5.74) is 3.71. The van der Waals surface area contributed by atoms with Crippen LogP contribution in [-0.2, 0) is 11.3 Å². The third kappa shape index (κ3) is 3.65. The minimum Gasteiger partial charge on any atom is -0.481 e. The van der Waals surface area contributed by atoms with E-state index < -0.39 is 5.97 Å². The van der Waals surface area contributed by atoms with Crippen molar-refractivity contribution in [1.82, 2.24) is 4.57 Å². The highest BCUT2D eigenvalue weighted by Crippen LogP contribution is 2.34. The first-order valence-corrected chi connectivity index (χ1v) is 8.16. The first kappa shape index (κ1) is 15.4. The van der Waals surface area contributed by atoms with Crippen molar-refractivity contribution in [3.8, 4) is 11.1 Å². The smallest absolute Gasteiger partial charge is 0.303 e. The lowest BCUT2D eigenvalue weighted by Gasteiger charge is -2.14. The molecule has 4 nitrogen and oxygen atoms in total. The van der Waals surface area contributed by atoms with Crippen LogP contribution in [0.25, 0.3) is 17.2 Å². The number of aryl methyl sites for hydroxylation is 1. The molecule has 0 saturated carbocycles. The molecule has 0 atom stereocenters. The molecule has 1 aliphatic heterocycles. The van der Waals surface area contributed by atoms with Gasteiger partial charge in [-0.1, -0.05) is 48.9 Å². The maximum atomic E-state index is 10.6. The Kier molecular flexibility index (Phi) is 4.81. The summed E-state index contributed by atoms with van der Waals surface area (Å²) in [6, 6.07) is 10.4. The topological polar surface area (TPSA) is 54.3 Å². The maximum Gasteiger partial charge on any atom is 0.303 e. The molecule has 1 aromatic heterocycles. The third-order valence-electron chi connectivity index (χ3n) is 4.16. The van der Waals surface area contributed by atoms with Gasteiger partial charge in [-0.25, -0.2) is 0 Å². The lowest BCUT2D eigenvalue weighted by molar-refractivity contribution is -0.137. The van der Waals surface area contributed by atoms with Gasteiger partial charge in [0.2, 0.25) is 0 Å². The number of aromatic nitrogens is 1. The molecule has 0 unspecified atom stereocenters. The Morgan fingerprint density at radius 3 is 2.78 bits per heavy atom. The fourth-order valence-electron chi connectivity index (χ4n) is 3.03. The van der Waals surface area contributed by atoms with E-state index in [2.05, 4.69) is 52.5 Å². The Morgan fingerprint density at radius 1 is 1.17 bits per heavy atom. The van der Waals surface area contributed by atoms with Crippen LogP contribution in [0.4, 0.5) is 5.82 Å². The summed E-state index contributed by atoms with van der Waals surface area (Å²) >= 11 is 0. The van der Waals surface area contributed by atoms with Crippen molar-refractivity contribution in [2.75, 3.05) is 11.9 Å². The molecule has 0 spiro atoms. The number of hydrogen-bond acceptors (Lipinski definition) is 2. The average Bonchev–Trinajstić information content (AvgIpc) is 2.94. The lowest BCUT2D eigenvalue weighted by atomic mass is 10.0. The first-order valence-electron chi connectivity index (χ1n) is 8.16. The molecule has 0 bridgehead atoms. The largest absolute Gasteiger partial charge is 0.481 e. The van der Waals surface area contributed by atoms with Crippen molar-refractivity contribution in [3.63, 3.8) is 0 Å². The van der Waals surface area contributed by atoms with Gasteiger partial charge in [0.1, 0.15) is 5.82 Å². The predicted octanol–water partition coefficient (Wildman–Crippen LogP) is 4.24. The van der Waals surface area contributed by atoms with Gasteiger partial charge in [-0.15, -0.1) is 0 Å². The van der Waals surface area contributed by atoms with Crippen molar-refractivity contribution < 1.29 is 9.90 Å². The van der Waals surface area contributed by atoms with Gasteiger partial charge < -0.3 is 15.0 Å². The van der Waals surface area contributed by atoms with E-state index in [9.17, 15) is 4.79 Å². The number of benzene rings is 1. The summed E-state index contributed by atoms with van der Waals surface area (Å²) in [5.74, 6) is 0.464. The highest BCUT2D eigenvalue weighted by atomic mass is 16.4. The third-order valence-corrected chi connectivity index (χ3v) is 4.16. The molecule has 2 aromatic rings. The zero-order valence-electron chi connectivity index (χ0n) is 13.2. The SMILES string of the molecule is O=C(O)CCCCCn1cc(-c2ccccc2)c2c1NCC=C2. The summed E-state index contributed by atoms with van der Waals surface area (Å²) in [6.45, 7) is 1.76. The van der Waals surface area contributed by atoms with E-state index in [4.69, 9.17) is 5.11 Å². The number of rotatable bonds is 7. The molecule has 2 heterocycles. The number of anilines is 1. The summed E-state index contributed by atoms with van der Waals surface area (Å²) in [5, 5.41) is 12.2. The van der Waals surface area contributed by atoms with Crippen LogP contribution < -0.4 is 5.32 Å². The highest BCUT2D eigenvalue weighted by Gasteiger charge is 2.16. The summed E-state index contributed by atoms with van der Waals surface area (Å²) in [6.07, 6.45) is 9.49. The molecule has 23 heavy (non-hydrogen) atoms. The molecule has 0 fully saturated rings. The number of fused-ring (bicyclic) bond motifs is 1. The fourth-order valence-corrected chi connectivity index (χ4v) is 3.03. The molecule has 0 saturated heterocycles. The average molecular weight is 310 g/mol. The zero-order chi connectivity index (χ0) is 16.1. The second-order valence-corrected chi connectivity index (χ2v) is 5.85. The van der Waals surface area contributed by atoms with Gasteiger partial charge in [0.15, 0.2) is 0 Å². The Bertz CT molecular complexity index is 702. The summed E-state index contributed by atoms with van der Waals surface area (Å²) in [4.78, 5) is 10.6. The number of carboxylic acids is 1. The van der Waals surface area contributed by atoms with Crippen LogP contribution in [0.2, 0.25) is 0 Å². The van der Waals surface area contributed by atoms with Crippen molar-refractivity contribution in [1.29, 1.82) is 0 Å². The van der Waals surface area contributed by atoms with E-state index in [-0.39, 0.29) is 6.42 Å². The van der Waals surface area contributed by atoms with E-state index in [0.717, 1.165) is 32.4 Å². The molecule has 1 aliphatic rings. The Balaban J connectivity index is 1.75. The van der Waals surface area contributed by atoms with Crippen molar-refractivity contribution >= 4 is 17.9 Å². The molecular formula is C19H22N2O2. The minimum absolute atomic E-state index is 0.264. The summed E-state index contributed by atoms with van der Waals surface area (Å²) in [7, 11) is 0. The summed E-state index contributed by atoms with van der Waals surface area (Å²) < 4.78 is 2.27. The van der Waals surface area contributed by atoms with Gasteiger partial charge in [-0.05, 0) is 18.4 Å². The van der Waals surface area contributed by atoms with E-state index in [1.807, 2.05) is 6.07 Å². The molecule has 1 aromatic carbocycles. The number of carboxylic acid groups (broad SMARTS) is 1. The number of nitrogens with one attached hydrogen (secondary N) is 1. The van der Waals surface area contributed by atoms with Crippen LogP contribution in [0.5, 0.6) is 0 Å². The van der Waals surface area contributed by atoms with Crippen molar-refractivity contribution in [2.24, 2.45) is 0 Å². The van der Waals surface area contributed by atoms with Crippen LogP contribution >= 0.6 is 0 Å². The second-order valence-electron chi connectivity index (χ2n) is 5.85. The van der Waals surface area contributed by atoms with Gasteiger partial charge >= 0.3 is 5.97 Å². The highest BCUT2D eigenvalue weighted by molar-refractivity contribution is 5.84.